The molecule has 0 bridgehead atoms. The van der Waals surface area contributed by atoms with Crippen molar-refractivity contribution in [2.24, 2.45) is 0 Å². The molecule has 2 aromatic heterocycles. The number of amides is 1. The number of aryl methyl sites for hydroxylation is 2. The lowest BCUT2D eigenvalue weighted by molar-refractivity contribution is -0.131. The predicted octanol–water partition coefficient (Wildman–Crippen LogP) is 2.98. The fraction of sp³-hybridized carbons (Fsp3) is 0.533. The van der Waals surface area contributed by atoms with Gasteiger partial charge >= 0.3 is 0 Å². The Labute approximate surface area is 129 Å². The molecule has 5 nitrogen and oxygen atoms in total. The lowest BCUT2D eigenvalue weighted by Crippen LogP contribution is -2.41. The Morgan fingerprint density at radius 2 is 2.00 bits per heavy atom. The maximum atomic E-state index is 12.4. The third-order valence-corrected chi connectivity index (χ3v) is 4.88. The third kappa shape index (κ3) is 3.00. The van der Waals surface area contributed by atoms with Crippen molar-refractivity contribution in [1.82, 2.24) is 14.9 Å². The molecule has 0 radical (unpaired) electrons. The predicted molar refractivity (Wildman–Crippen MR) is 87.9 cm³/mol. The summed E-state index contributed by atoms with van der Waals surface area (Å²) in [5.74, 6) is 0.839. The molecule has 6 heteroatoms. The SMILES string of the molecule is CCN(CC)C(=O)C(C)Nc1ncnc2sc(C)c(C)c12. The van der Waals surface area contributed by atoms with Crippen LogP contribution in [0.5, 0.6) is 0 Å². The van der Waals surface area contributed by atoms with Gasteiger partial charge in [0.2, 0.25) is 5.91 Å². The van der Waals surface area contributed by atoms with Crippen LogP contribution >= 0.6 is 11.3 Å². The van der Waals surface area contributed by atoms with Crippen LogP contribution in [-0.4, -0.2) is 39.9 Å². The van der Waals surface area contributed by atoms with Gasteiger partial charge in [-0.05, 0) is 40.2 Å². The minimum atomic E-state index is -0.303. The highest BCUT2D eigenvalue weighted by Gasteiger charge is 2.20. The number of anilines is 1. The number of likely N-dealkylation sites (N-methyl/N-ethyl adjacent to an activating group) is 1. The smallest absolute Gasteiger partial charge is 0.244 e. The summed E-state index contributed by atoms with van der Waals surface area (Å²) in [6, 6.07) is -0.303. The van der Waals surface area contributed by atoms with Crippen LogP contribution in [0.15, 0.2) is 6.33 Å². The number of thiophene rings is 1. The number of nitrogens with one attached hydrogen (secondary N) is 1. The van der Waals surface area contributed by atoms with Gasteiger partial charge in [-0.2, -0.15) is 0 Å². The maximum absolute atomic E-state index is 12.4. The van der Waals surface area contributed by atoms with E-state index in [4.69, 9.17) is 0 Å². The van der Waals surface area contributed by atoms with Crippen LogP contribution in [-0.2, 0) is 4.79 Å². The highest BCUT2D eigenvalue weighted by atomic mass is 32.1. The Hall–Kier alpha value is -1.69. The van der Waals surface area contributed by atoms with E-state index in [1.807, 2.05) is 25.7 Å². The van der Waals surface area contributed by atoms with Gasteiger partial charge in [-0.15, -0.1) is 11.3 Å². The molecule has 0 fully saturated rings. The summed E-state index contributed by atoms with van der Waals surface area (Å²) in [6.07, 6.45) is 1.55. The molecule has 2 heterocycles. The maximum Gasteiger partial charge on any atom is 0.244 e. The Bertz CT molecular complexity index is 648. The average molecular weight is 306 g/mol. The van der Waals surface area contributed by atoms with Crippen LogP contribution in [0.3, 0.4) is 0 Å². The van der Waals surface area contributed by atoms with Crippen molar-refractivity contribution in [3.8, 4) is 0 Å². The topological polar surface area (TPSA) is 58.1 Å². The summed E-state index contributed by atoms with van der Waals surface area (Å²) < 4.78 is 0. The second kappa shape index (κ2) is 6.39. The molecule has 2 rings (SSSR count). The molecule has 0 aromatic carbocycles. The zero-order valence-electron chi connectivity index (χ0n) is 13.2. The first-order chi connectivity index (χ1) is 9.99. The van der Waals surface area contributed by atoms with E-state index in [-0.39, 0.29) is 11.9 Å². The van der Waals surface area contributed by atoms with E-state index in [0.29, 0.717) is 0 Å². The summed E-state index contributed by atoms with van der Waals surface area (Å²) in [7, 11) is 0. The molecule has 0 aliphatic rings. The second-order valence-electron chi connectivity index (χ2n) is 5.06. The number of hydrogen-bond acceptors (Lipinski definition) is 5. The number of aromatic nitrogens is 2. The van der Waals surface area contributed by atoms with Gasteiger partial charge in [0, 0.05) is 18.0 Å². The zero-order chi connectivity index (χ0) is 15.6. The second-order valence-corrected chi connectivity index (χ2v) is 6.27. The highest BCUT2D eigenvalue weighted by molar-refractivity contribution is 7.18. The van der Waals surface area contributed by atoms with Crippen LogP contribution in [0.25, 0.3) is 10.2 Å². The van der Waals surface area contributed by atoms with E-state index in [1.54, 1.807) is 17.7 Å². The summed E-state index contributed by atoms with van der Waals surface area (Å²) in [5, 5.41) is 4.28. The summed E-state index contributed by atoms with van der Waals surface area (Å²) in [6.45, 7) is 11.4. The van der Waals surface area contributed by atoms with E-state index >= 15 is 0 Å². The fourth-order valence-electron chi connectivity index (χ4n) is 2.37. The highest BCUT2D eigenvalue weighted by Crippen LogP contribution is 2.32. The van der Waals surface area contributed by atoms with E-state index in [0.717, 1.165) is 29.1 Å². The van der Waals surface area contributed by atoms with Gasteiger partial charge in [0.05, 0.1) is 5.39 Å². The number of carbonyl (C=O) groups excluding carboxylic acids is 1. The van der Waals surface area contributed by atoms with Crippen molar-refractivity contribution in [3.63, 3.8) is 0 Å². The molecule has 21 heavy (non-hydrogen) atoms. The van der Waals surface area contributed by atoms with Gasteiger partial charge in [0.15, 0.2) is 0 Å². The molecule has 0 saturated carbocycles. The van der Waals surface area contributed by atoms with E-state index in [2.05, 4.69) is 29.1 Å². The summed E-state index contributed by atoms with van der Waals surface area (Å²) in [5.41, 5.74) is 1.18. The number of nitrogens with zero attached hydrogens (tertiary/aromatic N) is 3. The molecule has 1 unspecified atom stereocenters. The van der Waals surface area contributed by atoms with Gasteiger partial charge in [-0.3, -0.25) is 4.79 Å². The fourth-order valence-corrected chi connectivity index (χ4v) is 3.36. The van der Waals surface area contributed by atoms with Crippen LogP contribution in [0.4, 0.5) is 5.82 Å². The van der Waals surface area contributed by atoms with E-state index in [9.17, 15) is 4.79 Å². The van der Waals surface area contributed by atoms with Gasteiger partial charge in [0.25, 0.3) is 0 Å². The molecule has 0 saturated heterocycles. The lowest BCUT2D eigenvalue weighted by atomic mass is 10.2. The molecule has 0 spiro atoms. The molecule has 1 N–H and O–H groups in total. The van der Waals surface area contributed by atoms with Crippen molar-refractivity contribution in [2.45, 2.75) is 40.7 Å². The van der Waals surface area contributed by atoms with Crippen LogP contribution < -0.4 is 5.32 Å². The van der Waals surface area contributed by atoms with Gasteiger partial charge in [-0.1, -0.05) is 0 Å². The van der Waals surface area contributed by atoms with Crippen molar-refractivity contribution >= 4 is 33.3 Å². The summed E-state index contributed by atoms with van der Waals surface area (Å²) in [4.78, 5) is 25.0. The normalized spacial score (nSPS) is 12.4. The first kappa shape index (κ1) is 15.7. The van der Waals surface area contributed by atoms with Crippen molar-refractivity contribution in [2.75, 3.05) is 18.4 Å². The third-order valence-electron chi connectivity index (χ3n) is 3.76. The number of hydrogen-bond donors (Lipinski definition) is 1. The van der Waals surface area contributed by atoms with E-state index in [1.165, 1.54) is 10.4 Å². The van der Waals surface area contributed by atoms with Crippen molar-refractivity contribution < 1.29 is 4.79 Å². The van der Waals surface area contributed by atoms with E-state index < -0.39 is 0 Å². The monoisotopic (exact) mass is 306 g/mol. The van der Waals surface area contributed by atoms with Gasteiger partial charge in [0.1, 0.15) is 23.0 Å². The van der Waals surface area contributed by atoms with Gasteiger partial charge < -0.3 is 10.2 Å². The number of fused-ring (bicyclic) bond motifs is 1. The number of rotatable bonds is 5. The Morgan fingerprint density at radius 3 is 2.62 bits per heavy atom. The first-order valence-electron chi connectivity index (χ1n) is 7.25. The zero-order valence-corrected chi connectivity index (χ0v) is 14.0. The first-order valence-corrected chi connectivity index (χ1v) is 8.07. The standard InChI is InChI=1S/C15H22N4OS/c1-6-19(7-2)15(20)10(4)18-13-12-9(3)11(5)21-14(12)17-8-16-13/h8,10H,6-7H2,1-5H3,(H,16,17,18). The molecule has 1 amide bonds. The summed E-state index contributed by atoms with van der Waals surface area (Å²) >= 11 is 1.66. The Kier molecular flexibility index (Phi) is 4.77. The quantitative estimate of drug-likeness (QED) is 0.922. The van der Waals surface area contributed by atoms with Crippen LogP contribution in [0.1, 0.15) is 31.2 Å². The number of carbonyl (C=O) groups is 1. The van der Waals surface area contributed by atoms with Crippen LogP contribution in [0, 0.1) is 13.8 Å². The molecular weight excluding hydrogens is 284 g/mol. The molecular formula is C15H22N4OS. The average Bonchev–Trinajstić information content (AvgIpc) is 2.76. The van der Waals surface area contributed by atoms with Crippen LogP contribution in [0.2, 0.25) is 0 Å². The Morgan fingerprint density at radius 1 is 1.33 bits per heavy atom. The van der Waals surface area contributed by atoms with Crippen molar-refractivity contribution in [3.05, 3.63) is 16.8 Å². The largest absolute Gasteiger partial charge is 0.358 e. The minimum absolute atomic E-state index is 0.0939. The lowest BCUT2D eigenvalue weighted by Gasteiger charge is -2.23. The molecule has 0 aliphatic carbocycles. The molecule has 0 aliphatic heterocycles. The van der Waals surface area contributed by atoms with Crippen molar-refractivity contribution in [1.29, 1.82) is 0 Å². The van der Waals surface area contributed by atoms with Gasteiger partial charge in [-0.25, -0.2) is 9.97 Å². The molecule has 2 aromatic rings. The Balaban J connectivity index is 2.29. The molecule has 114 valence electrons. The minimum Gasteiger partial charge on any atom is -0.358 e. The molecule has 1 atom stereocenters.